The van der Waals surface area contributed by atoms with E-state index >= 15 is 0 Å². The Hall–Kier alpha value is -0.560. The molecule has 0 bridgehead atoms. The molecule has 0 spiro atoms. The summed E-state index contributed by atoms with van der Waals surface area (Å²) in [4.78, 5) is 0.328. The Labute approximate surface area is 126 Å². The normalized spacial score (nSPS) is 13.3. The van der Waals surface area contributed by atoms with Crippen LogP contribution in [0.25, 0.3) is 0 Å². The van der Waals surface area contributed by atoms with E-state index in [2.05, 4.69) is 17.0 Å². The maximum Gasteiger partial charge on any atom is 0.240 e. The third-order valence-corrected chi connectivity index (χ3v) is 5.58. The zero-order valence-electron chi connectivity index (χ0n) is 12.3. The lowest BCUT2D eigenvalue weighted by Gasteiger charge is -2.10. The lowest BCUT2D eigenvalue weighted by Crippen LogP contribution is -2.26. The van der Waals surface area contributed by atoms with Gasteiger partial charge in [0, 0.05) is 18.3 Å². The number of nitrogens with one attached hydrogen (secondary N) is 2. The highest BCUT2D eigenvalue weighted by Gasteiger charge is 2.13. The Morgan fingerprint density at radius 3 is 2.45 bits per heavy atom. The first-order valence-electron chi connectivity index (χ1n) is 6.81. The quantitative estimate of drug-likeness (QED) is 0.733. The van der Waals surface area contributed by atoms with E-state index < -0.39 is 10.0 Å². The highest BCUT2D eigenvalue weighted by molar-refractivity contribution is 7.99. The van der Waals surface area contributed by atoms with Gasteiger partial charge in [0.2, 0.25) is 10.0 Å². The van der Waals surface area contributed by atoms with Crippen molar-refractivity contribution >= 4 is 21.8 Å². The number of sulfonamides is 1. The van der Waals surface area contributed by atoms with E-state index in [4.69, 9.17) is 0 Å². The minimum Gasteiger partial charge on any atom is -0.313 e. The smallest absolute Gasteiger partial charge is 0.240 e. The maximum absolute atomic E-state index is 12.1. The lowest BCUT2D eigenvalue weighted by molar-refractivity contribution is 0.579. The molecular weight excluding hydrogens is 292 g/mol. The summed E-state index contributed by atoms with van der Waals surface area (Å²) >= 11 is 1.74. The molecule has 1 aromatic rings. The van der Waals surface area contributed by atoms with E-state index in [1.807, 2.05) is 25.3 Å². The number of hydrogen-bond donors (Lipinski definition) is 2. The van der Waals surface area contributed by atoms with Crippen molar-refractivity contribution in [2.24, 2.45) is 0 Å². The minimum absolute atomic E-state index is 0.328. The Kier molecular flexibility index (Phi) is 7.58. The Morgan fingerprint density at radius 2 is 1.90 bits per heavy atom. The van der Waals surface area contributed by atoms with Gasteiger partial charge in [0.15, 0.2) is 0 Å². The molecular formula is C14H24N2O2S2. The molecule has 0 saturated heterocycles. The molecule has 20 heavy (non-hydrogen) atoms. The van der Waals surface area contributed by atoms with Gasteiger partial charge in [0.25, 0.3) is 0 Å². The second kappa shape index (κ2) is 8.67. The van der Waals surface area contributed by atoms with Crippen molar-refractivity contribution < 1.29 is 8.42 Å². The predicted molar refractivity (Wildman–Crippen MR) is 86.6 cm³/mol. The van der Waals surface area contributed by atoms with Crippen LogP contribution in [0.2, 0.25) is 0 Å². The molecule has 0 aliphatic carbocycles. The van der Waals surface area contributed by atoms with Crippen LogP contribution >= 0.6 is 11.8 Å². The van der Waals surface area contributed by atoms with Crippen LogP contribution in [0.1, 0.15) is 25.8 Å². The van der Waals surface area contributed by atoms with Gasteiger partial charge >= 0.3 is 0 Å². The molecule has 1 aromatic carbocycles. The molecule has 0 aliphatic rings. The summed E-state index contributed by atoms with van der Waals surface area (Å²) in [5.41, 5.74) is 1.09. The first-order valence-corrected chi connectivity index (χ1v) is 9.58. The van der Waals surface area contributed by atoms with Gasteiger partial charge < -0.3 is 5.32 Å². The van der Waals surface area contributed by atoms with Gasteiger partial charge in [-0.3, -0.25) is 0 Å². The molecule has 1 rings (SSSR count). The number of hydrogen-bond acceptors (Lipinski definition) is 4. The van der Waals surface area contributed by atoms with Crippen molar-refractivity contribution in [3.63, 3.8) is 0 Å². The summed E-state index contributed by atoms with van der Waals surface area (Å²) in [6.07, 6.45) is 2.86. The zero-order chi connectivity index (χ0) is 15.0. The van der Waals surface area contributed by atoms with E-state index in [9.17, 15) is 8.42 Å². The van der Waals surface area contributed by atoms with Crippen molar-refractivity contribution in [1.29, 1.82) is 0 Å². The molecule has 1 atom stereocenters. The van der Waals surface area contributed by atoms with Gasteiger partial charge in [-0.1, -0.05) is 26.0 Å². The zero-order valence-corrected chi connectivity index (χ0v) is 14.0. The molecule has 2 N–H and O–H groups in total. The standard InChI is InChI=1S/C14H24N2O2S2/c1-4-15-11-13-5-7-14(8-6-13)20(17,18)16-10-9-12(2)19-3/h5-8,12,15-16H,4,9-11H2,1-3H3. The van der Waals surface area contributed by atoms with Crippen LogP contribution in [-0.2, 0) is 16.6 Å². The maximum atomic E-state index is 12.1. The fourth-order valence-corrected chi connectivity index (χ4v) is 3.05. The molecule has 0 radical (unpaired) electrons. The largest absolute Gasteiger partial charge is 0.313 e. The van der Waals surface area contributed by atoms with Gasteiger partial charge in [0.05, 0.1) is 4.90 Å². The summed E-state index contributed by atoms with van der Waals surface area (Å²) in [5.74, 6) is 0. The molecule has 0 saturated carbocycles. The second-order valence-corrected chi connectivity index (χ2v) is 7.70. The van der Waals surface area contributed by atoms with E-state index in [1.165, 1.54) is 0 Å². The van der Waals surface area contributed by atoms with E-state index in [-0.39, 0.29) is 0 Å². The van der Waals surface area contributed by atoms with Crippen molar-refractivity contribution in [3.8, 4) is 0 Å². The van der Waals surface area contributed by atoms with Crippen LogP contribution in [0.4, 0.5) is 0 Å². The van der Waals surface area contributed by atoms with Crippen molar-refractivity contribution in [1.82, 2.24) is 10.0 Å². The van der Waals surface area contributed by atoms with Crippen LogP contribution in [-0.4, -0.2) is 33.0 Å². The highest BCUT2D eigenvalue weighted by Crippen LogP contribution is 2.12. The summed E-state index contributed by atoms with van der Waals surface area (Å²) in [6.45, 7) is 6.26. The average Bonchev–Trinajstić information content (AvgIpc) is 2.45. The molecule has 4 nitrogen and oxygen atoms in total. The summed E-state index contributed by atoms with van der Waals surface area (Å²) < 4.78 is 26.8. The van der Waals surface area contributed by atoms with Gasteiger partial charge in [-0.15, -0.1) is 0 Å². The van der Waals surface area contributed by atoms with Crippen molar-refractivity contribution in [2.75, 3.05) is 19.3 Å². The molecule has 0 heterocycles. The highest BCUT2D eigenvalue weighted by atomic mass is 32.2. The first-order chi connectivity index (χ1) is 9.49. The van der Waals surface area contributed by atoms with E-state index in [1.54, 1.807) is 23.9 Å². The topological polar surface area (TPSA) is 58.2 Å². The van der Waals surface area contributed by atoms with Crippen molar-refractivity contribution in [2.45, 2.75) is 37.0 Å². The lowest BCUT2D eigenvalue weighted by atomic mass is 10.2. The van der Waals surface area contributed by atoms with Crippen LogP contribution in [0, 0.1) is 0 Å². The number of benzene rings is 1. The predicted octanol–water partition coefficient (Wildman–Crippen LogP) is 2.22. The first kappa shape index (κ1) is 17.5. The molecule has 1 unspecified atom stereocenters. The molecule has 0 fully saturated rings. The van der Waals surface area contributed by atoms with E-state index in [0.29, 0.717) is 16.7 Å². The third kappa shape index (κ3) is 5.83. The van der Waals surface area contributed by atoms with Crippen LogP contribution < -0.4 is 10.0 Å². The second-order valence-electron chi connectivity index (χ2n) is 4.66. The van der Waals surface area contributed by atoms with Crippen LogP contribution in [0.5, 0.6) is 0 Å². The molecule has 6 heteroatoms. The fourth-order valence-electron chi connectivity index (χ4n) is 1.65. The molecule has 0 aromatic heterocycles. The average molecular weight is 316 g/mol. The SMILES string of the molecule is CCNCc1ccc(S(=O)(=O)NCCC(C)SC)cc1. The van der Waals surface area contributed by atoms with Gasteiger partial charge in [-0.25, -0.2) is 13.1 Å². The Balaban J connectivity index is 2.58. The molecule has 114 valence electrons. The number of thioether (sulfide) groups is 1. The van der Waals surface area contributed by atoms with Crippen LogP contribution in [0.15, 0.2) is 29.2 Å². The minimum atomic E-state index is -3.38. The molecule has 0 aliphatic heterocycles. The Bertz CT molecular complexity index is 486. The van der Waals surface area contributed by atoms with Gasteiger partial charge in [-0.2, -0.15) is 11.8 Å². The summed E-state index contributed by atoms with van der Waals surface area (Å²) in [6, 6.07) is 7.02. The summed E-state index contributed by atoms with van der Waals surface area (Å²) in [5, 5.41) is 3.67. The van der Waals surface area contributed by atoms with Gasteiger partial charge in [-0.05, 0) is 36.9 Å². The summed E-state index contributed by atoms with van der Waals surface area (Å²) in [7, 11) is -3.38. The van der Waals surface area contributed by atoms with Crippen molar-refractivity contribution in [3.05, 3.63) is 29.8 Å². The monoisotopic (exact) mass is 316 g/mol. The fraction of sp³-hybridized carbons (Fsp3) is 0.571. The van der Waals surface area contributed by atoms with Gasteiger partial charge in [0.1, 0.15) is 0 Å². The molecule has 0 amide bonds. The number of rotatable bonds is 9. The van der Waals surface area contributed by atoms with E-state index in [0.717, 1.165) is 25.1 Å². The third-order valence-electron chi connectivity index (χ3n) is 3.06. The Morgan fingerprint density at radius 1 is 1.25 bits per heavy atom. The van der Waals surface area contributed by atoms with Crippen LogP contribution in [0.3, 0.4) is 0 Å².